The highest BCUT2D eigenvalue weighted by Crippen LogP contribution is 2.29. The van der Waals surface area contributed by atoms with Crippen molar-refractivity contribution >= 4 is 27.6 Å². The van der Waals surface area contributed by atoms with Crippen molar-refractivity contribution in [3.63, 3.8) is 0 Å². The standard InChI is InChI=1S/C10H15BrN4/c1-12-9-8(11)10(14-6-13-9)15-7-4-2-3-5-7/h6-7H,2-5H2,1H3,(H2,12,13,14,15). The van der Waals surface area contributed by atoms with Crippen molar-refractivity contribution in [2.45, 2.75) is 31.7 Å². The van der Waals surface area contributed by atoms with E-state index in [2.05, 4.69) is 36.5 Å². The molecule has 1 fully saturated rings. The van der Waals surface area contributed by atoms with E-state index in [1.165, 1.54) is 25.7 Å². The fraction of sp³-hybridized carbons (Fsp3) is 0.600. The largest absolute Gasteiger partial charge is 0.372 e. The third-order valence-electron chi connectivity index (χ3n) is 2.72. The van der Waals surface area contributed by atoms with E-state index >= 15 is 0 Å². The van der Waals surface area contributed by atoms with Crippen molar-refractivity contribution in [2.24, 2.45) is 0 Å². The van der Waals surface area contributed by atoms with Gasteiger partial charge in [0.25, 0.3) is 0 Å². The predicted octanol–water partition coefficient (Wildman–Crippen LogP) is 2.64. The van der Waals surface area contributed by atoms with Gasteiger partial charge in [-0.15, -0.1) is 0 Å². The molecular weight excluding hydrogens is 256 g/mol. The van der Waals surface area contributed by atoms with Crippen LogP contribution < -0.4 is 10.6 Å². The third-order valence-corrected chi connectivity index (χ3v) is 3.47. The lowest BCUT2D eigenvalue weighted by Crippen LogP contribution is -2.16. The van der Waals surface area contributed by atoms with Crippen LogP contribution in [-0.4, -0.2) is 23.1 Å². The van der Waals surface area contributed by atoms with E-state index in [4.69, 9.17) is 0 Å². The number of nitrogens with zero attached hydrogens (tertiary/aromatic N) is 2. The summed E-state index contributed by atoms with van der Waals surface area (Å²) in [5.74, 6) is 1.71. The Morgan fingerprint density at radius 2 is 1.93 bits per heavy atom. The monoisotopic (exact) mass is 270 g/mol. The molecule has 2 rings (SSSR count). The molecule has 4 nitrogen and oxygen atoms in total. The van der Waals surface area contributed by atoms with Crippen molar-refractivity contribution < 1.29 is 0 Å². The molecule has 1 aromatic heterocycles. The Labute approximate surface area is 98.0 Å². The Kier molecular flexibility index (Phi) is 3.41. The zero-order chi connectivity index (χ0) is 10.7. The van der Waals surface area contributed by atoms with E-state index in [9.17, 15) is 0 Å². The maximum absolute atomic E-state index is 4.24. The number of nitrogens with one attached hydrogen (secondary N) is 2. The molecule has 0 bridgehead atoms. The molecule has 1 aliphatic carbocycles. The molecule has 0 amide bonds. The van der Waals surface area contributed by atoms with Crippen LogP contribution in [0.25, 0.3) is 0 Å². The lowest BCUT2D eigenvalue weighted by Gasteiger charge is -2.14. The number of hydrogen-bond acceptors (Lipinski definition) is 4. The SMILES string of the molecule is CNc1ncnc(NC2CCCC2)c1Br. The zero-order valence-corrected chi connectivity index (χ0v) is 10.3. The lowest BCUT2D eigenvalue weighted by molar-refractivity contribution is 0.749. The minimum atomic E-state index is 0.570. The zero-order valence-electron chi connectivity index (χ0n) is 8.76. The normalized spacial score (nSPS) is 16.7. The summed E-state index contributed by atoms with van der Waals surface area (Å²) >= 11 is 3.50. The van der Waals surface area contributed by atoms with E-state index in [-0.39, 0.29) is 0 Å². The van der Waals surface area contributed by atoms with Gasteiger partial charge in [-0.3, -0.25) is 0 Å². The van der Waals surface area contributed by atoms with Crippen molar-refractivity contribution in [3.8, 4) is 0 Å². The van der Waals surface area contributed by atoms with Gasteiger partial charge >= 0.3 is 0 Å². The van der Waals surface area contributed by atoms with Gasteiger partial charge in [0, 0.05) is 13.1 Å². The van der Waals surface area contributed by atoms with Gasteiger partial charge in [0.1, 0.15) is 22.4 Å². The Bertz CT molecular complexity index is 336. The molecule has 0 aromatic carbocycles. The summed E-state index contributed by atoms with van der Waals surface area (Å²) in [6, 6.07) is 0.570. The van der Waals surface area contributed by atoms with E-state index in [1.807, 2.05) is 7.05 Å². The minimum absolute atomic E-state index is 0.570. The third kappa shape index (κ3) is 2.40. The summed E-state index contributed by atoms with van der Waals surface area (Å²) in [7, 11) is 1.85. The summed E-state index contributed by atoms with van der Waals surface area (Å²) in [5.41, 5.74) is 0. The van der Waals surface area contributed by atoms with E-state index < -0.39 is 0 Å². The van der Waals surface area contributed by atoms with Crippen LogP contribution in [0.2, 0.25) is 0 Å². The van der Waals surface area contributed by atoms with Crippen LogP contribution in [0.15, 0.2) is 10.8 Å². The Morgan fingerprint density at radius 3 is 2.60 bits per heavy atom. The van der Waals surface area contributed by atoms with Gasteiger partial charge in [0.05, 0.1) is 0 Å². The molecule has 15 heavy (non-hydrogen) atoms. The van der Waals surface area contributed by atoms with Crippen LogP contribution in [0.4, 0.5) is 11.6 Å². The number of anilines is 2. The highest BCUT2D eigenvalue weighted by molar-refractivity contribution is 9.10. The summed E-state index contributed by atoms with van der Waals surface area (Å²) in [4.78, 5) is 8.36. The summed E-state index contributed by atoms with van der Waals surface area (Å²) < 4.78 is 0.916. The second-order valence-electron chi connectivity index (χ2n) is 3.76. The fourth-order valence-corrected chi connectivity index (χ4v) is 2.43. The highest BCUT2D eigenvalue weighted by Gasteiger charge is 2.17. The number of rotatable bonds is 3. The van der Waals surface area contributed by atoms with E-state index in [0.29, 0.717) is 6.04 Å². The smallest absolute Gasteiger partial charge is 0.146 e. The quantitative estimate of drug-likeness (QED) is 0.887. The molecule has 0 aliphatic heterocycles. The minimum Gasteiger partial charge on any atom is -0.372 e. The molecule has 5 heteroatoms. The summed E-state index contributed by atoms with van der Waals surface area (Å²) in [6.45, 7) is 0. The van der Waals surface area contributed by atoms with Crippen LogP contribution in [0, 0.1) is 0 Å². The molecule has 0 spiro atoms. The second-order valence-corrected chi connectivity index (χ2v) is 4.55. The van der Waals surface area contributed by atoms with Gasteiger partial charge in [0.2, 0.25) is 0 Å². The second kappa shape index (κ2) is 4.79. The van der Waals surface area contributed by atoms with E-state index in [0.717, 1.165) is 16.1 Å². The van der Waals surface area contributed by atoms with Gasteiger partial charge in [-0.2, -0.15) is 0 Å². The molecule has 0 radical (unpaired) electrons. The first-order valence-electron chi connectivity index (χ1n) is 5.26. The first-order chi connectivity index (χ1) is 7.31. The molecule has 1 aliphatic rings. The summed E-state index contributed by atoms with van der Waals surface area (Å²) in [6.07, 6.45) is 6.70. The fourth-order valence-electron chi connectivity index (χ4n) is 1.91. The molecule has 0 saturated heterocycles. The number of aromatic nitrogens is 2. The Hall–Kier alpha value is -0.840. The average molecular weight is 271 g/mol. The van der Waals surface area contributed by atoms with Crippen molar-refractivity contribution in [2.75, 3.05) is 17.7 Å². The molecule has 1 saturated carbocycles. The molecule has 82 valence electrons. The first-order valence-corrected chi connectivity index (χ1v) is 6.05. The molecular formula is C10H15BrN4. The van der Waals surface area contributed by atoms with Crippen molar-refractivity contribution in [1.82, 2.24) is 9.97 Å². The van der Waals surface area contributed by atoms with E-state index in [1.54, 1.807) is 6.33 Å². The van der Waals surface area contributed by atoms with Crippen LogP contribution in [0.1, 0.15) is 25.7 Å². The molecule has 0 atom stereocenters. The van der Waals surface area contributed by atoms with Gasteiger partial charge in [-0.25, -0.2) is 9.97 Å². The average Bonchev–Trinajstić information content (AvgIpc) is 2.74. The lowest BCUT2D eigenvalue weighted by atomic mass is 10.2. The molecule has 1 heterocycles. The topological polar surface area (TPSA) is 49.8 Å². The highest BCUT2D eigenvalue weighted by atomic mass is 79.9. The van der Waals surface area contributed by atoms with Crippen LogP contribution in [0.3, 0.4) is 0 Å². The van der Waals surface area contributed by atoms with Crippen molar-refractivity contribution in [3.05, 3.63) is 10.8 Å². The maximum atomic E-state index is 4.24. The summed E-state index contributed by atoms with van der Waals surface area (Å²) in [5, 5.41) is 6.47. The molecule has 1 aromatic rings. The molecule has 2 N–H and O–H groups in total. The Morgan fingerprint density at radius 1 is 1.27 bits per heavy atom. The van der Waals surface area contributed by atoms with Crippen LogP contribution >= 0.6 is 15.9 Å². The first kappa shape index (κ1) is 10.7. The van der Waals surface area contributed by atoms with Crippen molar-refractivity contribution in [1.29, 1.82) is 0 Å². The van der Waals surface area contributed by atoms with Gasteiger partial charge in [0.15, 0.2) is 0 Å². The van der Waals surface area contributed by atoms with Gasteiger partial charge < -0.3 is 10.6 Å². The predicted molar refractivity (Wildman–Crippen MR) is 65.2 cm³/mol. The molecule has 0 unspecified atom stereocenters. The van der Waals surface area contributed by atoms with Crippen LogP contribution in [-0.2, 0) is 0 Å². The van der Waals surface area contributed by atoms with Gasteiger partial charge in [-0.1, -0.05) is 12.8 Å². The number of halogens is 1. The van der Waals surface area contributed by atoms with Crippen LogP contribution in [0.5, 0.6) is 0 Å². The van der Waals surface area contributed by atoms with Gasteiger partial charge in [-0.05, 0) is 28.8 Å². The maximum Gasteiger partial charge on any atom is 0.146 e. The Balaban J connectivity index is 2.13. The number of hydrogen-bond donors (Lipinski definition) is 2.